The Bertz CT molecular complexity index is 379. The number of nitrogens with one attached hydrogen (secondary N) is 1. The molecule has 0 saturated heterocycles. The van der Waals surface area contributed by atoms with E-state index in [1.165, 1.54) is 18.9 Å². The van der Waals surface area contributed by atoms with Crippen molar-refractivity contribution < 1.29 is 9.13 Å². The van der Waals surface area contributed by atoms with E-state index in [0.717, 1.165) is 31.9 Å². The zero-order valence-corrected chi connectivity index (χ0v) is 11.7. The van der Waals surface area contributed by atoms with Gasteiger partial charge in [0, 0.05) is 18.7 Å². The molecule has 0 amide bonds. The molecule has 1 aliphatic rings. The molecule has 0 bridgehead atoms. The normalized spacial score (nSPS) is 16.5. The number of benzene rings is 1. The van der Waals surface area contributed by atoms with Crippen LogP contribution in [0.3, 0.4) is 0 Å². The summed E-state index contributed by atoms with van der Waals surface area (Å²) in [4.78, 5) is 0. The van der Waals surface area contributed by atoms with Crippen molar-refractivity contribution in [2.45, 2.75) is 38.7 Å². The van der Waals surface area contributed by atoms with Gasteiger partial charge in [-0.05, 0) is 31.4 Å². The van der Waals surface area contributed by atoms with E-state index in [9.17, 15) is 4.39 Å². The monoisotopic (exact) mass is 265 g/mol. The van der Waals surface area contributed by atoms with Gasteiger partial charge in [0.05, 0.1) is 6.10 Å². The van der Waals surface area contributed by atoms with Crippen molar-refractivity contribution in [3.8, 4) is 0 Å². The SMILES string of the molecule is CCCNCC(OCCC1CC1)c1ccccc1F. The Morgan fingerprint density at radius 1 is 1.37 bits per heavy atom. The van der Waals surface area contributed by atoms with Crippen molar-refractivity contribution in [2.24, 2.45) is 5.92 Å². The average molecular weight is 265 g/mol. The number of halogens is 1. The quantitative estimate of drug-likeness (QED) is 0.688. The number of hydrogen-bond donors (Lipinski definition) is 1. The summed E-state index contributed by atoms with van der Waals surface area (Å²) in [6.45, 7) is 4.48. The Kier molecular flexibility index (Phi) is 5.80. The van der Waals surface area contributed by atoms with Gasteiger partial charge in [-0.3, -0.25) is 0 Å². The Morgan fingerprint density at radius 3 is 2.84 bits per heavy atom. The lowest BCUT2D eigenvalue weighted by molar-refractivity contribution is 0.0464. The number of hydrogen-bond acceptors (Lipinski definition) is 2. The number of rotatable bonds is 9. The molecule has 19 heavy (non-hydrogen) atoms. The van der Waals surface area contributed by atoms with Crippen LogP contribution in [0.4, 0.5) is 4.39 Å². The summed E-state index contributed by atoms with van der Waals surface area (Å²) in [5, 5.41) is 3.32. The van der Waals surface area contributed by atoms with Gasteiger partial charge in [0.15, 0.2) is 0 Å². The fourth-order valence-corrected chi connectivity index (χ4v) is 2.19. The zero-order valence-electron chi connectivity index (χ0n) is 11.7. The van der Waals surface area contributed by atoms with E-state index in [4.69, 9.17) is 4.74 Å². The van der Waals surface area contributed by atoms with Gasteiger partial charge in [-0.15, -0.1) is 0 Å². The Labute approximate surface area is 115 Å². The van der Waals surface area contributed by atoms with Crippen molar-refractivity contribution in [3.05, 3.63) is 35.6 Å². The van der Waals surface area contributed by atoms with E-state index >= 15 is 0 Å². The molecule has 1 N–H and O–H groups in total. The minimum Gasteiger partial charge on any atom is -0.372 e. The van der Waals surface area contributed by atoms with Gasteiger partial charge in [0.25, 0.3) is 0 Å². The molecule has 1 aromatic carbocycles. The van der Waals surface area contributed by atoms with Crippen LogP contribution < -0.4 is 5.32 Å². The second kappa shape index (κ2) is 7.61. The van der Waals surface area contributed by atoms with Crippen molar-refractivity contribution in [1.29, 1.82) is 0 Å². The van der Waals surface area contributed by atoms with E-state index < -0.39 is 0 Å². The first-order valence-corrected chi connectivity index (χ1v) is 7.38. The smallest absolute Gasteiger partial charge is 0.129 e. The third-order valence-corrected chi connectivity index (χ3v) is 3.55. The molecule has 2 rings (SSSR count). The van der Waals surface area contributed by atoms with Crippen LogP contribution in [0.15, 0.2) is 24.3 Å². The Morgan fingerprint density at radius 2 is 2.16 bits per heavy atom. The highest BCUT2D eigenvalue weighted by Gasteiger charge is 2.22. The number of ether oxygens (including phenoxy) is 1. The summed E-state index contributed by atoms with van der Waals surface area (Å²) in [5.41, 5.74) is 0.668. The molecule has 106 valence electrons. The maximum atomic E-state index is 13.8. The average Bonchev–Trinajstić information content (AvgIpc) is 3.22. The second-order valence-electron chi connectivity index (χ2n) is 5.32. The van der Waals surface area contributed by atoms with Crippen LogP contribution in [0.25, 0.3) is 0 Å². The van der Waals surface area contributed by atoms with E-state index in [1.54, 1.807) is 6.07 Å². The molecule has 0 heterocycles. The summed E-state index contributed by atoms with van der Waals surface area (Å²) in [6, 6.07) is 6.92. The first kappa shape index (κ1) is 14.5. The van der Waals surface area contributed by atoms with Gasteiger partial charge in [-0.25, -0.2) is 4.39 Å². The highest BCUT2D eigenvalue weighted by Crippen LogP contribution is 2.33. The van der Waals surface area contributed by atoms with Crippen molar-refractivity contribution >= 4 is 0 Å². The third-order valence-electron chi connectivity index (χ3n) is 3.55. The maximum absolute atomic E-state index is 13.8. The summed E-state index contributed by atoms with van der Waals surface area (Å²) >= 11 is 0. The molecule has 1 aliphatic carbocycles. The molecule has 0 aromatic heterocycles. The lowest BCUT2D eigenvalue weighted by atomic mass is 10.1. The van der Waals surface area contributed by atoms with Crippen LogP contribution in [-0.4, -0.2) is 19.7 Å². The second-order valence-corrected chi connectivity index (χ2v) is 5.32. The lowest BCUT2D eigenvalue weighted by Crippen LogP contribution is -2.25. The van der Waals surface area contributed by atoms with E-state index in [-0.39, 0.29) is 11.9 Å². The fourth-order valence-electron chi connectivity index (χ4n) is 2.19. The minimum atomic E-state index is -0.175. The van der Waals surface area contributed by atoms with E-state index in [1.807, 2.05) is 12.1 Å². The van der Waals surface area contributed by atoms with Gasteiger partial charge in [0.2, 0.25) is 0 Å². The molecule has 1 saturated carbocycles. The topological polar surface area (TPSA) is 21.3 Å². The first-order chi connectivity index (χ1) is 9.31. The van der Waals surface area contributed by atoms with Gasteiger partial charge < -0.3 is 10.1 Å². The Hall–Kier alpha value is -0.930. The van der Waals surface area contributed by atoms with Gasteiger partial charge in [-0.1, -0.05) is 38.0 Å². The highest BCUT2D eigenvalue weighted by molar-refractivity contribution is 5.20. The van der Waals surface area contributed by atoms with Crippen LogP contribution in [-0.2, 0) is 4.74 Å². The standard InChI is InChI=1S/C16H24FNO/c1-2-10-18-12-16(19-11-9-13-7-8-13)14-5-3-4-6-15(14)17/h3-6,13,16,18H,2,7-12H2,1H3. The summed E-state index contributed by atoms with van der Waals surface area (Å²) in [7, 11) is 0. The molecule has 0 spiro atoms. The molecule has 1 atom stereocenters. The third kappa shape index (κ3) is 4.92. The van der Waals surface area contributed by atoms with Gasteiger partial charge >= 0.3 is 0 Å². The Balaban J connectivity index is 1.89. The largest absolute Gasteiger partial charge is 0.372 e. The molecule has 1 fully saturated rings. The van der Waals surface area contributed by atoms with Crippen LogP contribution >= 0.6 is 0 Å². The first-order valence-electron chi connectivity index (χ1n) is 7.38. The van der Waals surface area contributed by atoms with Crippen LogP contribution in [0.2, 0.25) is 0 Å². The molecular formula is C16H24FNO. The molecule has 0 radical (unpaired) electrons. The van der Waals surface area contributed by atoms with Gasteiger partial charge in [-0.2, -0.15) is 0 Å². The molecule has 3 heteroatoms. The lowest BCUT2D eigenvalue weighted by Gasteiger charge is -2.19. The van der Waals surface area contributed by atoms with E-state index in [2.05, 4.69) is 12.2 Å². The van der Waals surface area contributed by atoms with Crippen molar-refractivity contribution in [3.63, 3.8) is 0 Å². The fraction of sp³-hybridized carbons (Fsp3) is 0.625. The molecule has 2 nitrogen and oxygen atoms in total. The predicted molar refractivity (Wildman–Crippen MR) is 75.6 cm³/mol. The maximum Gasteiger partial charge on any atom is 0.129 e. The minimum absolute atomic E-state index is 0.169. The zero-order chi connectivity index (χ0) is 13.5. The van der Waals surface area contributed by atoms with E-state index in [0.29, 0.717) is 12.1 Å². The van der Waals surface area contributed by atoms with Crippen molar-refractivity contribution in [2.75, 3.05) is 19.7 Å². The molecule has 0 aliphatic heterocycles. The summed E-state index contributed by atoms with van der Waals surface area (Å²) in [5.74, 6) is 0.682. The van der Waals surface area contributed by atoms with Crippen LogP contribution in [0.1, 0.15) is 44.3 Å². The molecule has 1 unspecified atom stereocenters. The molecule has 1 aromatic rings. The predicted octanol–water partition coefficient (Wildman–Crippen LogP) is 3.68. The van der Waals surface area contributed by atoms with Crippen molar-refractivity contribution in [1.82, 2.24) is 5.32 Å². The van der Waals surface area contributed by atoms with Crippen LogP contribution in [0, 0.1) is 11.7 Å². The van der Waals surface area contributed by atoms with Gasteiger partial charge in [0.1, 0.15) is 5.82 Å². The highest BCUT2D eigenvalue weighted by atomic mass is 19.1. The molecular weight excluding hydrogens is 241 g/mol. The summed E-state index contributed by atoms with van der Waals surface area (Å²) < 4.78 is 19.7. The van der Waals surface area contributed by atoms with Crippen LogP contribution in [0.5, 0.6) is 0 Å². The summed E-state index contributed by atoms with van der Waals surface area (Å²) in [6.07, 6.45) is 4.68.